The average Bonchev–Trinajstić information content (AvgIpc) is 2.37. The first-order valence-corrected chi connectivity index (χ1v) is 5.38. The number of hydrogen-bond donors (Lipinski definition) is 3. The van der Waals surface area contributed by atoms with Crippen molar-refractivity contribution in [1.29, 1.82) is 0 Å². The third kappa shape index (κ3) is 3.44. The van der Waals surface area contributed by atoms with Gasteiger partial charge in [0.1, 0.15) is 11.7 Å². The smallest absolute Gasteiger partial charge is 0.315 e. The third-order valence-corrected chi connectivity index (χ3v) is 2.51. The second kappa shape index (κ2) is 5.85. The van der Waals surface area contributed by atoms with Gasteiger partial charge in [0.05, 0.1) is 12.8 Å². The number of carboxylic acids is 1. The molecule has 2 amide bonds. The number of carboxylic acid groups (broad SMARTS) is 1. The Kier molecular flexibility index (Phi) is 4.46. The molecule has 19 heavy (non-hydrogen) atoms. The number of benzene rings is 1. The van der Waals surface area contributed by atoms with Gasteiger partial charge in [0, 0.05) is 5.56 Å². The molecule has 7 heteroatoms. The van der Waals surface area contributed by atoms with Crippen LogP contribution in [0.5, 0.6) is 5.75 Å². The topological polar surface area (TPSA) is 119 Å². The average molecular weight is 266 g/mol. The molecule has 0 fully saturated rings. The van der Waals surface area contributed by atoms with Gasteiger partial charge in [-0.1, -0.05) is 0 Å². The van der Waals surface area contributed by atoms with Crippen LogP contribution in [0, 0.1) is 5.92 Å². The van der Waals surface area contributed by atoms with Gasteiger partial charge in [0.2, 0.25) is 11.8 Å². The van der Waals surface area contributed by atoms with Crippen molar-refractivity contribution in [2.75, 3.05) is 12.4 Å². The zero-order chi connectivity index (χ0) is 14.6. The van der Waals surface area contributed by atoms with Crippen molar-refractivity contribution < 1.29 is 24.2 Å². The van der Waals surface area contributed by atoms with Crippen molar-refractivity contribution >= 4 is 23.5 Å². The molecule has 7 nitrogen and oxygen atoms in total. The Morgan fingerprint density at radius 2 is 2.00 bits per heavy atom. The second-order valence-corrected chi connectivity index (χ2v) is 3.83. The molecule has 0 spiro atoms. The number of primary amides is 1. The van der Waals surface area contributed by atoms with Gasteiger partial charge < -0.3 is 20.9 Å². The van der Waals surface area contributed by atoms with E-state index in [4.69, 9.17) is 15.6 Å². The summed E-state index contributed by atoms with van der Waals surface area (Å²) >= 11 is 0. The highest BCUT2D eigenvalue weighted by molar-refractivity contribution is 6.05. The van der Waals surface area contributed by atoms with Crippen LogP contribution >= 0.6 is 0 Å². The lowest BCUT2D eigenvalue weighted by molar-refractivity contribution is -0.144. The molecule has 0 aliphatic rings. The Balaban J connectivity index is 3.04. The summed E-state index contributed by atoms with van der Waals surface area (Å²) in [6.45, 7) is 1.25. The van der Waals surface area contributed by atoms with Crippen LogP contribution in [-0.2, 0) is 9.59 Å². The van der Waals surface area contributed by atoms with Crippen LogP contribution in [0.1, 0.15) is 17.3 Å². The Morgan fingerprint density at radius 1 is 1.37 bits per heavy atom. The minimum atomic E-state index is -1.25. The number of aliphatic carboxylic acids is 1. The van der Waals surface area contributed by atoms with E-state index < -0.39 is 23.7 Å². The Bertz CT molecular complexity index is 527. The fourth-order valence-corrected chi connectivity index (χ4v) is 1.31. The largest absolute Gasteiger partial charge is 0.495 e. The number of hydrogen-bond acceptors (Lipinski definition) is 4. The van der Waals surface area contributed by atoms with Gasteiger partial charge in [0.25, 0.3) is 0 Å². The zero-order valence-electron chi connectivity index (χ0n) is 10.5. The van der Waals surface area contributed by atoms with Crippen LogP contribution in [0.3, 0.4) is 0 Å². The number of ether oxygens (including phenoxy) is 1. The van der Waals surface area contributed by atoms with Crippen LogP contribution in [0.25, 0.3) is 0 Å². The summed E-state index contributed by atoms with van der Waals surface area (Å²) in [4.78, 5) is 33.4. The summed E-state index contributed by atoms with van der Waals surface area (Å²) in [5, 5.41) is 11.1. The molecule has 1 aromatic rings. The summed E-state index contributed by atoms with van der Waals surface area (Å²) in [5.41, 5.74) is 5.50. The highest BCUT2D eigenvalue weighted by Crippen LogP contribution is 2.25. The molecular weight excluding hydrogens is 252 g/mol. The standard InChI is InChI=1S/C12H14N2O5/c1-6(12(17)18)11(16)14-8-5-7(10(13)15)3-4-9(8)19-2/h3-6H,1-2H3,(H2,13,15)(H,14,16)(H,17,18). The van der Waals surface area contributed by atoms with Crippen molar-refractivity contribution in [2.45, 2.75) is 6.92 Å². The van der Waals surface area contributed by atoms with Crippen LogP contribution in [-0.4, -0.2) is 30.0 Å². The number of rotatable bonds is 5. The lowest BCUT2D eigenvalue weighted by Gasteiger charge is -2.12. The maximum atomic E-state index is 11.6. The van der Waals surface area contributed by atoms with Crippen molar-refractivity contribution in [1.82, 2.24) is 0 Å². The van der Waals surface area contributed by atoms with Crippen LogP contribution in [0.2, 0.25) is 0 Å². The number of carbonyl (C=O) groups is 3. The molecule has 1 rings (SSSR count). The van der Waals surface area contributed by atoms with Gasteiger partial charge in [-0.15, -0.1) is 0 Å². The van der Waals surface area contributed by atoms with Crippen molar-refractivity contribution in [3.8, 4) is 5.75 Å². The number of carbonyl (C=O) groups excluding carboxylic acids is 2. The predicted octanol–water partition coefficient (Wildman–Crippen LogP) is 0.453. The molecule has 0 bridgehead atoms. The SMILES string of the molecule is COc1ccc(C(N)=O)cc1NC(=O)C(C)C(=O)O. The maximum absolute atomic E-state index is 11.6. The molecule has 0 saturated heterocycles. The van der Waals surface area contributed by atoms with Gasteiger partial charge in [-0.05, 0) is 25.1 Å². The van der Waals surface area contributed by atoms with Crippen molar-refractivity contribution in [3.05, 3.63) is 23.8 Å². The molecule has 4 N–H and O–H groups in total. The van der Waals surface area contributed by atoms with Crippen LogP contribution in [0.4, 0.5) is 5.69 Å². The van der Waals surface area contributed by atoms with Gasteiger partial charge >= 0.3 is 5.97 Å². The number of methoxy groups -OCH3 is 1. The molecule has 1 atom stereocenters. The monoisotopic (exact) mass is 266 g/mol. The molecular formula is C12H14N2O5. The van der Waals surface area contributed by atoms with E-state index in [0.29, 0.717) is 5.75 Å². The van der Waals surface area contributed by atoms with Gasteiger partial charge in [-0.25, -0.2) is 0 Å². The third-order valence-electron chi connectivity index (χ3n) is 2.51. The second-order valence-electron chi connectivity index (χ2n) is 3.83. The molecule has 0 radical (unpaired) electrons. The van der Waals surface area contributed by atoms with E-state index in [1.807, 2.05) is 0 Å². The molecule has 0 heterocycles. The molecule has 1 unspecified atom stereocenters. The van der Waals surface area contributed by atoms with E-state index in [1.54, 1.807) is 0 Å². The first-order chi connectivity index (χ1) is 8.86. The van der Waals surface area contributed by atoms with E-state index in [2.05, 4.69) is 5.32 Å². The van der Waals surface area contributed by atoms with E-state index >= 15 is 0 Å². The first-order valence-electron chi connectivity index (χ1n) is 5.38. The van der Waals surface area contributed by atoms with Crippen LogP contribution in [0.15, 0.2) is 18.2 Å². The van der Waals surface area contributed by atoms with Crippen molar-refractivity contribution in [3.63, 3.8) is 0 Å². The first kappa shape index (κ1) is 14.5. The maximum Gasteiger partial charge on any atom is 0.315 e. The molecule has 0 saturated carbocycles. The lowest BCUT2D eigenvalue weighted by Crippen LogP contribution is -2.27. The Labute approximate surface area is 109 Å². The van der Waals surface area contributed by atoms with Crippen molar-refractivity contribution in [2.24, 2.45) is 11.7 Å². The van der Waals surface area contributed by atoms with E-state index in [9.17, 15) is 14.4 Å². The fraction of sp³-hybridized carbons (Fsp3) is 0.250. The Hall–Kier alpha value is -2.57. The highest BCUT2D eigenvalue weighted by atomic mass is 16.5. The number of anilines is 1. The molecule has 0 aromatic heterocycles. The molecule has 0 aliphatic carbocycles. The predicted molar refractivity (Wildman–Crippen MR) is 66.9 cm³/mol. The molecule has 102 valence electrons. The quantitative estimate of drug-likeness (QED) is 0.669. The number of nitrogens with two attached hydrogens (primary N) is 1. The van der Waals surface area contributed by atoms with Gasteiger partial charge in [-0.3, -0.25) is 14.4 Å². The van der Waals surface area contributed by atoms with E-state index in [-0.39, 0.29) is 11.3 Å². The normalized spacial score (nSPS) is 11.5. The number of amides is 2. The molecule has 1 aromatic carbocycles. The summed E-state index contributed by atoms with van der Waals surface area (Å²) in [7, 11) is 1.38. The summed E-state index contributed by atoms with van der Waals surface area (Å²) in [5.74, 6) is -3.54. The number of nitrogens with one attached hydrogen (secondary N) is 1. The minimum Gasteiger partial charge on any atom is -0.495 e. The van der Waals surface area contributed by atoms with Gasteiger partial charge in [-0.2, -0.15) is 0 Å². The lowest BCUT2D eigenvalue weighted by atomic mass is 10.1. The minimum absolute atomic E-state index is 0.180. The Morgan fingerprint density at radius 3 is 2.47 bits per heavy atom. The van der Waals surface area contributed by atoms with E-state index in [0.717, 1.165) is 0 Å². The summed E-state index contributed by atoms with van der Waals surface area (Å²) < 4.78 is 5.01. The molecule has 0 aliphatic heterocycles. The zero-order valence-corrected chi connectivity index (χ0v) is 10.5. The summed E-state index contributed by atoms with van der Waals surface area (Å²) in [6, 6.07) is 4.23. The fourth-order valence-electron chi connectivity index (χ4n) is 1.31. The van der Waals surface area contributed by atoms with Gasteiger partial charge in [0.15, 0.2) is 0 Å². The van der Waals surface area contributed by atoms with Crippen LogP contribution < -0.4 is 15.8 Å². The summed E-state index contributed by atoms with van der Waals surface area (Å²) in [6.07, 6.45) is 0. The van der Waals surface area contributed by atoms with E-state index in [1.165, 1.54) is 32.2 Å². The highest BCUT2D eigenvalue weighted by Gasteiger charge is 2.21.